The SMILES string of the molecule is O=C(NCC1(C(=O)O)CC1)c1cccc(OCc2cccnc2)c1. The highest BCUT2D eigenvalue weighted by Gasteiger charge is 2.50. The van der Waals surface area contributed by atoms with Gasteiger partial charge in [-0.25, -0.2) is 0 Å². The van der Waals surface area contributed by atoms with Crippen LogP contribution in [0.25, 0.3) is 0 Å². The number of ether oxygens (including phenoxy) is 1. The van der Waals surface area contributed by atoms with Crippen LogP contribution >= 0.6 is 0 Å². The number of carboxylic acids is 1. The smallest absolute Gasteiger partial charge is 0.311 e. The molecule has 0 radical (unpaired) electrons. The lowest BCUT2D eigenvalue weighted by Gasteiger charge is -2.12. The maximum Gasteiger partial charge on any atom is 0.311 e. The number of benzene rings is 1. The van der Waals surface area contributed by atoms with Gasteiger partial charge < -0.3 is 15.2 Å². The van der Waals surface area contributed by atoms with Crippen LogP contribution in [0.4, 0.5) is 0 Å². The van der Waals surface area contributed by atoms with Crippen LogP contribution in [0, 0.1) is 5.41 Å². The zero-order valence-electron chi connectivity index (χ0n) is 13.1. The van der Waals surface area contributed by atoms with E-state index in [0.29, 0.717) is 30.8 Å². The molecule has 1 heterocycles. The number of carbonyl (C=O) groups excluding carboxylic acids is 1. The Hall–Kier alpha value is -2.89. The summed E-state index contributed by atoms with van der Waals surface area (Å²) in [7, 11) is 0. The van der Waals surface area contributed by atoms with Crippen LogP contribution in [0.3, 0.4) is 0 Å². The molecule has 6 nitrogen and oxygen atoms in total. The van der Waals surface area contributed by atoms with E-state index < -0.39 is 11.4 Å². The lowest BCUT2D eigenvalue weighted by Crippen LogP contribution is -2.34. The van der Waals surface area contributed by atoms with Crippen molar-refractivity contribution in [2.24, 2.45) is 5.41 Å². The van der Waals surface area contributed by atoms with Gasteiger partial charge in [0, 0.05) is 30.1 Å². The number of hydrogen-bond acceptors (Lipinski definition) is 4. The van der Waals surface area contributed by atoms with Crippen molar-refractivity contribution >= 4 is 11.9 Å². The average molecular weight is 326 g/mol. The summed E-state index contributed by atoms with van der Waals surface area (Å²) in [6.07, 6.45) is 4.63. The third-order valence-electron chi connectivity index (χ3n) is 4.12. The molecule has 1 aromatic carbocycles. The van der Waals surface area contributed by atoms with Gasteiger partial charge in [-0.2, -0.15) is 0 Å². The number of pyridine rings is 1. The van der Waals surface area contributed by atoms with Crippen LogP contribution < -0.4 is 10.1 Å². The lowest BCUT2D eigenvalue weighted by atomic mass is 10.1. The molecule has 0 aliphatic heterocycles. The molecule has 2 N–H and O–H groups in total. The van der Waals surface area contributed by atoms with Crippen molar-refractivity contribution in [2.75, 3.05) is 6.54 Å². The summed E-state index contributed by atoms with van der Waals surface area (Å²) in [4.78, 5) is 27.3. The van der Waals surface area contributed by atoms with Crippen LogP contribution in [0.5, 0.6) is 5.75 Å². The number of aromatic nitrogens is 1. The average Bonchev–Trinajstić information content (AvgIpc) is 3.40. The van der Waals surface area contributed by atoms with Crippen molar-refractivity contribution in [2.45, 2.75) is 19.4 Å². The maximum absolute atomic E-state index is 12.2. The summed E-state index contributed by atoms with van der Waals surface area (Å²) in [6.45, 7) is 0.517. The maximum atomic E-state index is 12.2. The third-order valence-corrected chi connectivity index (χ3v) is 4.12. The molecule has 1 fully saturated rings. The first-order chi connectivity index (χ1) is 11.6. The van der Waals surface area contributed by atoms with Crippen molar-refractivity contribution < 1.29 is 19.4 Å². The summed E-state index contributed by atoms with van der Waals surface area (Å²) in [5.41, 5.74) is 0.605. The minimum absolute atomic E-state index is 0.155. The van der Waals surface area contributed by atoms with Gasteiger partial charge in [0.25, 0.3) is 5.91 Å². The van der Waals surface area contributed by atoms with E-state index in [9.17, 15) is 9.59 Å². The molecule has 0 atom stereocenters. The number of hydrogen-bond donors (Lipinski definition) is 2. The standard InChI is InChI=1S/C18H18N2O4/c21-16(20-12-18(6-7-18)17(22)23)14-4-1-5-15(9-14)24-11-13-3-2-8-19-10-13/h1-5,8-10H,6-7,11-12H2,(H,20,21)(H,22,23). The minimum atomic E-state index is -0.851. The first-order valence-corrected chi connectivity index (χ1v) is 7.72. The fourth-order valence-corrected chi connectivity index (χ4v) is 2.35. The summed E-state index contributed by atoms with van der Waals surface area (Å²) >= 11 is 0. The molecule has 1 aliphatic carbocycles. The van der Waals surface area contributed by atoms with Gasteiger partial charge in [0.2, 0.25) is 0 Å². The van der Waals surface area contributed by atoms with E-state index in [1.165, 1.54) is 0 Å². The molecule has 1 amide bonds. The molecule has 3 rings (SSSR count). The van der Waals surface area contributed by atoms with Crippen molar-refractivity contribution in [3.05, 3.63) is 59.9 Å². The molecule has 0 saturated heterocycles. The number of amides is 1. The molecule has 24 heavy (non-hydrogen) atoms. The van der Waals surface area contributed by atoms with Crippen molar-refractivity contribution in [1.82, 2.24) is 10.3 Å². The van der Waals surface area contributed by atoms with E-state index in [1.807, 2.05) is 12.1 Å². The van der Waals surface area contributed by atoms with Gasteiger partial charge in [-0.15, -0.1) is 0 Å². The Balaban J connectivity index is 1.58. The first kappa shape index (κ1) is 16.0. The summed E-state index contributed by atoms with van der Waals surface area (Å²) in [6, 6.07) is 10.6. The molecular formula is C18H18N2O4. The second-order valence-corrected chi connectivity index (χ2v) is 5.95. The summed E-state index contributed by atoms with van der Waals surface area (Å²) in [5, 5.41) is 11.8. The fourth-order valence-electron chi connectivity index (χ4n) is 2.35. The molecule has 6 heteroatoms. The Morgan fingerprint density at radius 3 is 2.75 bits per heavy atom. The van der Waals surface area contributed by atoms with Crippen LogP contribution in [0.2, 0.25) is 0 Å². The number of carboxylic acid groups (broad SMARTS) is 1. The van der Waals surface area contributed by atoms with Crippen molar-refractivity contribution in [3.63, 3.8) is 0 Å². The highest BCUT2D eigenvalue weighted by molar-refractivity contribution is 5.95. The minimum Gasteiger partial charge on any atom is -0.489 e. The summed E-state index contributed by atoms with van der Waals surface area (Å²) in [5.74, 6) is -0.573. The monoisotopic (exact) mass is 326 g/mol. The molecule has 0 bridgehead atoms. The van der Waals surface area contributed by atoms with Crippen molar-refractivity contribution in [3.8, 4) is 5.75 Å². The normalized spacial score (nSPS) is 14.7. The van der Waals surface area contributed by atoms with Gasteiger partial charge >= 0.3 is 5.97 Å². The van der Waals surface area contributed by atoms with Gasteiger partial charge in [0.1, 0.15) is 12.4 Å². The molecule has 124 valence electrons. The molecule has 0 spiro atoms. The number of carbonyl (C=O) groups is 2. The highest BCUT2D eigenvalue weighted by Crippen LogP contribution is 2.45. The Bertz CT molecular complexity index is 742. The van der Waals surface area contributed by atoms with E-state index in [1.54, 1.807) is 36.7 Å². The number of nitrogens with one attached hydrogen (secondary N) is 1. The second-order valence-electron chi connectivity index (χ2n) is 5.95. The molecule has 1 saturated carbocycles. The zero-order chi connectivity index (χ0) is 17.0. The Labute approximate surface area is 139 Å². The van der Waals surface area contributed by atoms with Crippen LogP contribution in [0.15, 0.2) is 48.8 Å². The third kappa shape index (κ3) is 3.71. The number of aliphatic carboxylic acids is 1. The predicted molar refractivity (Wildman–Crippen MR) is 86.6 cm³/mol. The van der Waals surface area contributed by atoms with E-state index in [2.05, 4.69) is 10.3 Å². The number of nitrogens with zero attached hydrogens (tertiary/aromatic N) is 1. The molecule has 1 aromatic heterocycles. The van der Waals surface area contributed by atoms with Crippen LogP contribution in [-0.2, 0) is 11.4 Å². The molecule has 1 aliphatic rings. The first-order valence-electron chi connectivity index (χ1n) is 7.72. The topological polar surface area (TPSA) is 88.5 Å². The van der Waals surface area contributed by atoms with Crippen molar-refractivity contribution in [1.29, 1.82) is 0 Å². The van der Waals surface area contributed by atoms with Crippen LogP contribution in [-0.4, -0.2) is 28.5 Å². The van der Waals surface area contributed by atoms with Gasteiger partial charge in [0.15, 0.2) is 0 Å². The molecule has 0 unspecified atom stereocenters. The van der Waals surface area contributed by atoms with E-state index in [4.69, 9.17) is 9.84 Å². The van der Waals surface area contributed by atoms with Gasteiger partial charge in [-0.3, -0.25) is 14.6 Å². The quantitative estimate of drug-likeness (QED) is 0.815. The number of rotatable bonds is 7. The zero-order valence-corrected chi connectivity index (χ0v) is 13.1. The largest absolute Gasteiger partial charge is 0.489 e. The van der Waals surface area contributed by atoms with E-state index in [-0.39, 0.29) is 12.5 Å². The second kappa shape index (κ2) is 6.70. The summed E-state index contributed by atoms with van der Waals surface area (Å²) < 4.78 is 5.66. The highest BCUT2D eigenvalue weighted by atomic mass is 16.5. The lowest BCUT2D eigenvalue weighted by molar-refractivity contribution is -0.143. The fraction of sp³-hybridized carbons (Fsp3) is 0.278. The Morgan fingerprint density at radius 1 is 1.25 bits per heavy atom. The van der Waals surface area contributed by atoms with E-state index in [0.717, 1.165) is 5.56 Å². The van der Waals surface area contributed by atoms with Gasteiger partial charge in [-0.05, 0) is 37.1 Å². The van der Waals surface area contributed by atoms with Crippen LogP contribution in [0.1, 0.15) is 28.8 Å². The Kier molecular flexibility index (Phi) is 4.46. The van der Waals surface area contributed by atoms with Gasteiger partial charge in [0.05, 0.1) is 5.41 Å². The van der Waals surface area contributed by atoms with Gasteiger partial charge in [-0.1, -0.05) is 12.1 Å². The molecule has 2 aromatic rings. The van der Waals surface area contributed by atoms with E-state index >= 15 is 0 Å². The molecular weight excluding hydrogens is 308 g/mol. The predicted octanol–water partition coefficient (Wildman–Crippen LogP) is 2.26. The Morgan fingerprint density at radius 2 is 2.08 bits per heavy atom.